The molecule has 0 radical (unpaired) electrons. The predicted octanol–water partition coefficient (Wildman–Crippen LogP) is 4.52. The first-order valence-electron chi connectivity index (χ1n) is 10.6. The number of nitrogens with one attached hydrogen (secondary N) is 1. The maximum absolute atomic E-state index is 13.5. The Balaban J connectivity index is 1.87. The Labute approximate surface area is 185 Å². The molecule has 164 valence electrons. The number of allylic oxidation sites excluding steroid dienone is 3. The van der Waals surface area contributed by atoms with Gasteiger partial charge in [0, 0.05) is 35.0 Å². The van der Waals surface area contributed by atoms with Crippen molar-refractivity contribution in [2.24, 2.45) is 0 Å². The number of hydrogen-bond acceptors (Lipinski definition) is 6. The molecule has 1 heterocycles. The van der Waals surface area contributed by atoms with Crippen LogP contribution in [0.25, 0.3) is 0 Å². The number of benzene rings is 2. The molecule has 7 heteroatoms. The number of dihydropyridines is 1. The monoisotopic (exact) mass is 432 g/mol. The van der Waals surface area contributed by atoms with Crippen molar-refractivity contribution in [3.63, 3.8) is 0 Å². The normalized spacial score (nSPS) is 20.5. The van der Waals surface area contributed by atoms with Gasteiger partial charge in [0.15, 0.2) is 5.78 Å². The molecule has 2 aliphatic rings. The van der Waals surface area contributed by atoms with E-state index >= 15 is 0 Å². The number of para-hydroxylation sites is 1. The van der Waals surface area contributed by atoms with Crippen LogP contribution in [0, 0.1) is 10.1 Å². The number of nitro benzene ring substituents is 1. The molecule has 0 bridgehead atoms. The largest absolute Gasteiger partial charge is 0.463 e. The maximum atomic E-state index is 13.5. The van der Waals surface area contributed by atoms with Crippen LogP contribution in [0.15, 0.2) is 77.1 Å². The highest BCUT2D eigenvalue weighted by atomic mass is 16.6. The SMILES string of the molecule is CCOC(=O)C1=C(C)NC2=C(C(=O)CC(c3ccccc3)C2)C1c1ccccc1[N+](=O)[O-]. The molecule has 4 rings (SSSR count). The van der Waals surface area contributed by atoms with Crippen LogP contribution in [0.2, 0.25) is 0 Å². The summed E-state index contributed by atoms with van der Waals surface area (Å²) in [5, 5.41) is 15.0. The Morgan fingerprint density at radius 2 is 1.81 bits per heavy atom. The molecule has 0 amide bonds. The van der Waals surface area contributed by atoms with Crippen LogP contribution in [0.5, 0.6) is 0 Å². The number of rotatable bonds is 5. The molecule has 1 N–H and O–H groups in total. The van der Waals surface area contributed by atoms with Crippen molar-refractivity contribution in [1.82, 2.24) is 5.32 Å². The second-order valence-corrected chi connectivity index (χ2v) is 7.96. The Morgan fingerprint density at radius 3 is 2.50 bits per heavy atom. The number of hydrogen-bond donors (Lipinski definition) is 1. The lowest BCUT2D eigenvalue weighted by molar-refractivity contribution is -0.385. The summed E-state index contributed by atoms with van der Waals surface area (Å²) in [7, 11) is 0. The van der Waals surface area contributed by atoms with E-state index in [-0.39, 0.29) is 36.0 Å². The van der Waals surface area contributed by atoms with Crippen molar-refractivity contribution >= 4 is 17.4 Å². The summed E-state index contributed by atoms with van der Waals surface area (Å²) in [6.07, 6.45) is 0.854. The fourth-order valence-corrected chi connectivity index (χ4v) is 4.69. The van der Waals surface area contributed by atoms with E-state index in [1.54, 1.807) is 32.0 Å². The summed E-state index contributed by atoms with van der Waals surface area (Å²) in [5.74, 6) is -1.55. The summed E-state index contributed by atoms with van der Waals surface area (Å²) < 4.78 is 5.27. The van der Waals surface area contributed by atoms with E-state index in [0.717, 1.165) is 5.56 Å². The minimum absolute atomic E-state index is 0.00157. The van der Waals surface area contributed by atoms with Gasteiger partial charge in [-0.25, -0.2) is 4.79 Å². The molecule has 1 aliphatic heterocycles. The van der Waals surface area contributed by atoms with Gasteiger partial charge in [0.25, 0.3) is 5.69 Å². The number of esters is 1. The highest BCUT2D eigenvalue weighted by molar-refractivity contribution is 6.04. The molecule has 32 heavy (non-hydrogen) atoms. The summed E-state index contributed by atoms with van der Waals surface area (Å²) in [4.78, 5) is 37.7. The Morgan fingerprint density at radius 1 is 1.12 bits per heavy atom. The lowest BCUT2D eigenvalue weighted by Crippen LogP contribution is -2.36. The number of nitrogens with zero attached hydrogens (tertiary/aromatic N) is 1. The fourth-order valence-electron chi connectivity index (χ4n) is 4.69. The van der Waals surface area contributed by atoms with E-state index in [0.29, 0.717) is 29.0 Å². The smallest absolute Gasteiger partial charge is 0.336 e. The van der Waals surface area contributed by atoms with Crippen LogP contribution < -0.4 is 5.32 Å². The minimum atomic E-state index is -0.851. The van der Waals surface area contributed by atoms with Crippen LogP contribution in [0.4, 0.5) is 5.69 Å². The van der Waals surface area contributed by atoms with Gasteiger partial charge in [0.2, 0.25) is 0 Å². The van der Waals surface area contributed by atoms with E-state index in [1.807, 2.05) is 30.3 Å². The molecule has 1 aliphatic carbocycles. The van der Waals surface area contributed by atoms with Crippen molar-refractivity contribution < 1.29 is 19.2 Å². The van der Waals surface area contributed by atoms with E-state index in [9.17, 15) is 19.7 Å². The molecule has 2 unspecified atom stereocenters. The molecule has 0 aromatic heterocycles. The second kappa shape index (κ2) is 8.78. The number of nitro groups is 1. The Kier molecular flexibility index (Phi) is 5.90. The molecular weight excluding hydrogens is 408 g/mol. The van der Waals surface area contributed by atoms with Crippen molar-refractivity contribution in [3.05, 3.63) is 98.4 Å². The van der Waals surface area contributed by atoms with Gasteiger partial charge in [-0.05, 0) is 31.7 Å². The zero-order valence-corrected chi connectivity index (χ0v) is 18.0. The van der Waals surface area contributed by atoms with Crippen LogP contribution in [-0.4, -0.2) is 23.3 Å². The van der Waals surface area contributed by atoms with Gasteiger partial charge < -0.3 is 10.1 Å². The predicted molar refractivity (Wildman–Crippen MR) is 119 cm³/mol. The topological polar surface area (TPSA) is 98.5 Å². The zero-order chi connectivity index (χ0) is 22.8. The first-order valence-corrected chi connectivity index (χ1v) is 10.6. The van der Waals surface area contributed by atoms with Crippen LogP contribution in [0.1, 0.15) is 49.7 Å². The lowest BCUT2D eigenvalue weighted by atomic mass is 9.71. The average Bonchev–Trinajstić information content (AvgIpc) is 2.78. The van der Waals surface area contributed by atoms with E-state index in [1.165, 1.54) is 6.07 Å². The highest BCUT2D eigenvalue weighted by Gasteiger charge is 2.43. The molecule has 2 aromatic rings. The molecule has 0 saturated carbocycles. The summed E-state index contributed by atoms with van der Waals surface area (Å²) >= 11 is 0. The van der Waals surface area contributed by atoms with Gasteiger partial charge in [-0.15, -0.1) is 0 Å². The van der Waals surface area contributed by atoms with Crippen LogP contribution in [0.3, 0.4) is 0 Å². The van der Waals surface area contributed by atoms with Crippen molar-refractivity contribution in [3.8, 4) is 0 Å². The molecule has 2 atom stereocenters. The van der Waals surface area contributed by atoms with Crippen molar-refractivity contribution in [1.29, 1.82) is 0 Å². The summed E-state index contributed by atoms with van der Waals surface area (Å²) in [6.45, 7) is 3.61. The zero-order valence-electron chi connectivity index (χ0n) is 18.0. The molecular formula is C25H24N2O5. The van der Waals surface area contributed by atoms with Crippen molar-refractivity contribution in [2.45, 2.75) is 38.5 Å². The third-order valence-electron chi connectivity index (χ3n) is 6.04. The van der Waals surface area contributed by atoms with Gasteiger partial charge >= 0.3 is 5.97 Å². The number of ketones is 1. The first kappa shape index (κ1) is 21.5. The van der Waals surface area contributed by atoms with Gasteiger partial charge in [-0.3, -0.25) is 14.9 Å². The third-order valence-corrected chi connectivity index (χ3v) is 6.04. The maximum Gasteiger partial charge on any atom is 0.336 e. The first-order chi connectivity index (χ1) is 15.4. The Hall–Kier alpha value is -3.74. The third kappa shape index (κ3) is 3.82. The Bertz CT molecular complexity index is 1150. The van der Waals surface area contributed by atoms with Gasteiger partial charge in [-0.2, -0.15) is 0 Å². The van der Waals surface area contributed by atoms with E-state index in [2.05, 4.69) is 5.32 Å². The molecule has 0 spiro atoms. The molecule has 0 fully saturated rings. The molecule has 2 aromatic carbocycles. The number of ether oxygens (including phenoxy) is 1. The van der Waals surface area contributed by atoms with Crippen molar-refractivity contribution in [2.75, 3.05) is 6.61 Å². The second-order valence-electron chi connectivity index (χ2n) is 7.96. The number of carbonyl (C=O) groups is 2. The van der Waals surface area contributed by atoms with Crippen LogP contribution in [-0.2, 0) is 14.3 Å². The minimum Gasteiger partial charge on any atom is -0.463 e. The molecule has 7 nitrogen and oxygen atoms in total. The average molecular weight is 432 g/mol. The summed E-state index contributed by atoms with van der Waals surface area (Å²) in [6, 6.07) is 16.1. The standard InChI is InChI=1S/C25H24N2O5/c1-3-32-25(29)22-15(2)26-19-13-17(16-9-5-4-6-10-16)14-21(28)24(19)23(22)18-11-7-8-12-20(18)27(30)31/h4-12,17,23,26H,3,13-14H2,1-2H3. The number of Topliss-reactive ketones (excluding diaryl/α,β-unsaturated/α-hetero) is 1. The molecule has 0 saturated heterocycles. The van der Waals surface area contributed by atoms with E-state index in [4.69, 9.17) is 4.74 Å². The van der Waals surface area contributed by atoms with Gasteiger partial charge in [0.05, 0.1) is 23.0 Å². The van der Waals surface area contributed by atoms with Gasteiger partial charge in [0.1, 0.15) is 0 Å². The highest BCUT2D eigenvalue weighted by Crippen LogP contribution is 2.47. The van der Waals surface area contributed by atoms with E-state index < -0.39 is 16.8 Å². The lowest BCUT2D eigenvalue weighted by Gasteiger charge is -2.36. The quantitative estimate of drug-likeness (QED) is 0.424. The fraction of sp³-hybridized carbons (Fsp3) is 0.280. The number of carbonyl (C=O) groups excluding carboxylic acids is 2. The van der Waals surface area contributed by atoms with Crippen LogP contribution >= 0.6 is 0 Å². The van der Waals surface area contributed by atoms with Gasteiger partial charge in [-0.1, -0.05) is 48.5 Å². The summed E-state index contributed by atoms with van der Waals surface area (Å²) in [5.41, 5.74) is 3.18.